The summed E-state index contributed by atoms with van der Waals surface area (Å²) in [4.78, 5) is 0. The molecule has 0 saturated carbocycles. The Morgan fingerprint density at radius 2 is 2.29 bits per heavy atom. The average Bonchev–Trinajstić information content (AvgIpc) is 2.81. The maximum atomic E-state index is 11.9. The number of ether oxygens (including phenoxy) is 1. The maximum Gasteiger partial charge on any atom is 0.261 e. The van der Waals surface area contributed by atoms with E-state index >= 15 is 0 Å². The first-order chi connectivity index (χ1) is 8.24. The molecule has 98 valence electrons. The highest BCUT2D eigenvalue weighted by Gasteiger charge is 2.12. The van der Waals surface area contributed by atoms with Crippen LogP contribution in [0.15, 0.2) is 23.0 Å². The van der Waals surface area contributed by atoms with Gasteiger partial charge < -0.3 is 14.5 Å². The van der Waals surface area contributed by atoms with Gasteiger partial charge in [0.15, 0.2) is 0 Å². The lowest BCUT2D eigenvalue weighted by atomic mass is 10.1. The molecule has 0 aliphatic carbocycles. The minimum absolute atomic E-state index is 0.103. The Labute approximate surface area is 100 Å². The predicted octanol–water partition coefficient (Wildman–Crippen LogP) is 2.99. The van der Waals surface area contributed by atoms with Crippen LogP contribution in [-0.4, -0.2) is 26.2 Å². The molecule has 17 heavy (non-hydrogen) atoms. The van der Waals surface area contributed by atoms with Crippen molar-refractivity contribution in [2.24, 2.45) is 0 Å². The smallest absolute Gasteiger partial charge is 0.261 e. The summed E-state index contributed by atoms with van der Waals surface area (Å²) in [7, 11) is 0. The van der Waals surface area contributed by atoms with Gasteiger partial charge in [0.2, 0.25) is 0 Å². The number of rotatable bonds is 9. The molecule has 1 atom stereocenters. The van der Waals surface area contributed by atoms with Crippen LogP contribution in [0.4, 0.5) is 8.78 Å². The SMILES string of the molecule is CCCNC(CCOCC(F)F)c1ccoc1. The third-order valence-corrected chi connectivity index (χ3v) is 2.38. The number of alkyl halides is 2. The van der Waals surface area contributed by atoms with Gasteiger partial charge >= 0.3 is 0 Å². The zero-order chi connectivity index (χ0) is 12.5. The highest BCUT2D eigenvalue weighted by molar-refractivity contribution is 5.11. The summed E-state index contributed by atoms with van der Waals surface area (Å²) in [6.07, 6.45) is 2.56. The van der Waals surface area contributed by atoms with Crippen LogP contribution in [0.2, 0.25) is 0 Å². The normalized spacial score (nSPS) is 13.2. The lowest BCUT2D eigenvalue weighted by Crippen LogP contribution is -2.23. The molecule has 1 aromatic heterocycles. The Morgan fingerprint density at radius 1 is 1.47 bits per heavy atom. The molecule has 1 unspecified atom stereocenters. The van der Waals surface area contributed by atoms with Gasteiger partial charge in [-0.25, -0.2) is 8.78 Å². The number of furan rings is 1. The van der Waals surface area contributed by atoms with Crippen LogP contribution in [0.25, 0.3) is 0 Å². The molecule has 0 aliphatic rings. The molecule has 0 fully saturated rings. The van der Waals surface area contributed by atoms with Gasteiger partial charge in [-0.1, -0.05) is 6.92 Å². The fourth-order valence-corrected chi connectivity index (χ4v) is 1.55. The third kappa shape index (κ3) is 5.79. The first-order valence-corrected chi connectivity index (χ1v) is 5.85. The molecule has 0 aliphatic heterocycles. The highest BCUT2D eigenvalue weighted by atomic mass is 19.3. The highest BCUT2D eigenvalue weighted by Crippen LogP contribution is 2.17. The van der Waals surface area contributed by atoms with Gasteiger partial charge in [0.1, 0.15) is 6.61 Å². The Bertz CT molecular complexity index is 278. The number of hydrogen-bond acceptors (Lipinski definition) is 3. The molecule has 0 radical (unpaired) electrons. The van der Waals surface area contributed by atoms with Gasteiger partial charge in [-0.15, -0.1) is 0 Å². The minimum atomic E-state index is -2.40. The molecule has 0 saturated heterocycles. The summed E-state index contributed by atoms with van der Waals surface area (Å²) >= 11 is 0. The van der Waals surface area contributed by atoms with Gasteiger partial charge in [0.25, 0.3) is 6.43 Å². The van der Waals surface area contributed by atoms with E-state index in [-0.39, 0.29) is 6.04 Å². The van der Waals surface area contributed by atoms with Crippen LogP contribution >= 0.6 is 0 Å². The van der Waals surface area contributed by atoms with Gasteiger partial charge in [-0.2, -0.15) is 0 Å². The Kier molecular flexibility index (Phi) is 6.81. The summed E-state index contributed by atoms with van der Waals surface area (Å²) < 4.78 is 33.7. The van der Waals surface area contributed by atoms with Crippen molar-refractivity contribution in [3.05, 3.63) is 24.2 Å². The van der Waals surface area contributed by atoms with Crippen molar-refractivity contribution in [2.45, 2.75) is 32.2 Å². The topological polar surface area (TPSA) is 34.4 Å². The molecule has 0 bridgehead atoms. The monoisotopic (exact) mass is 247 g/mol. The van der Waals surface area contributed by atoms with Crippen LogP contribution in [-0.2, 0) is 4.74 Å². The van der Waals surface area contributed by atoms with E-state index in [2.05, 4.69) is 12.2 Å². The van der Waals surface area contributed by atoms with E-state index in [1.54, 1.807) is 12.5 Å². The molecular formula is C12H19F2NO2. The van der Waals surface area contributed by atoms with Crippen molar-refractivity contribution in [3.63, 3.8) is 0 Å². The van der Waals surface area contributed by atoms with Crippen molar-refractivity contribution in [2.75, 3.05) is 19.8 Å². The van der Waals surface area contributed by atoms with Crippen molar-refractivity contribution >= 4 is 0 Å². The molecule has 0 spiro atoms. The summed E-state index contributed by atoms with van der Waals surface area (Å²) in [5, 5.41) is 3.33. The van der Waals surface area contributed by atoms with E-state index in [0.29, 0.717) is 13.0 Å². The lowest BCUT2D eigenvalue weighted by molar-refractivity contribution is 0.0143. The Hall–Kier alpha value is -0.940. The van der Waals surface area contributed by atoms with Crippen molar-refractivity contribution in [1.29, 1.82) is 0 Å². The summed E-state index contributed by atoms with van der Waals surface area (Å²) in [6.45, 7) is 2.78. The molecule has 0 aromatic carbocycles. The average molecular weight is 247 g/mol. The van der Waals surface area contributed by atoms with Gasteiger partial charge in [-0.05, 0) is 25.5 Å². The third-order valence-electron chi connectivity index (χ3n) is 2.38. The summed E-state index contributed by atoms with van der Waals surface area (Å²) in [5.41, 5.74) is 1.03. The van der Waals surface area contributed by atoms with Crippen LogP contribution in [0, 0.1) is 0 Å². The van der Waals surface area contributed by atoms with E-state index in [4.69, 9.17) is 9.15 Å². The zero-order valence-corrected chi connectivity index (χ0v) is 9.99. The quantitative estimate of drug-likeness (QED) is 0.681. The van der Waals surface area contributed by atoms with Crippen LogP contribution in [0.5, 0.6) is 0 Å². The van der Waals surface area contributed by atoms with E-state index in [0.717, 1.165) is 18.5 Å². The molecule has 1 aromatic rings. The molecule has 1 rings (SSSR count). The molecule has 1 N–H and O–H groups in total. The fraction of sp³-hybridized carbons (Fsp3) is 0.667. The number of halogens is 2. The van der Waals surface area contributed by atoms with E-state index < -0.39 is 13.0 Å². The van der Waals surface area contributed by atoms with Crippen LogP contribution < -0.4 is 5.32 Å². The largest absolute Gasteiger partial charge is 0.472 e. The Morgan fingerprint density at radius 3 is 2.88 bits per heavy atom. The number of hydrogen-bond donors (Lipinski definition) is 1. The van der Waals surface area contributed by atoms with E-state index in [1.165, 1.54) is 0 Å². The van der Waals surface area contributed by atoms with Crippen molar-refractivity contribution in [1.82, 2.24) is 5.32 Å². The van der Waals surface area contributed by atoms with E-state index in [1.807, 2.05) is 6.07 Å². The summed E-state index contributed by atoms with van der Waals surface area (Å²) in [5.74, 6) is 0. The molecule has 5 heteroatoms. The van der Waals surface area contributed by atoms with E-state index in [9.17, 15) is 8.78 Å². The van der Waals surface area contributed by atoms with Gasteiger partial charge in [0, 0.05) is 18.2 Å². The molecule has 3 nitrogen and oxygen atoms in total. The number of nitrogens with one attached hydrogen (secondary N) is 1. The second kappa shape index (κ2) is 8.20. The molecular weight excluding hydrogens is 228 g/mol. The lowest BCUT2D eigenvalue weighted by Gasteiger charge is -2.16. The standard InChI is InChI=1S/C12H19F2NO2/c1-2-5-15-11(10-3-6-16-8-10)4-7-17-9-12(13)14/h3,6,8,11-12,15H,2,4-5,7,9H2,1H3. The predicted molar refractivity (Wildman–Crippen MR) is 61.2 cm³/mol. The van der Waals surface area contributed by atoms with Crippen molar-refractivity contribution < 1.29 is 17.9 Å². The van der Waals surface area contributed by atoms with Gasteiger partial charge in [-0.3, -0.25) is 0 Å². The first kappa shape index (κ1) is 14.1. The zero-order valence-electron chi connectivity index (χ0n) is 9.99. The summed E-state index contributed by atoms with van der Waals surface area (Å²) in [6, 6.07) is 1.98. The minimum Gasteiger partial charge on any atom is -0.472 e. The van der Waals surface area contributed by atoms with Gasteiger partial charge in [0.05, 0.1) is 12.5 Å². The second-order valence-electron chi connectivity index (χ2n) is 3.82. The van der Waals surface area contributed by atoms with Crippen molar-refractivity contribution in [3.8, 4) is 0 Å². The Balaban J connectivity index is 2.31. The van der Waals surface area contributed by atoms with Crippen LogP contribution in [0.1, 0.15) is 31.4 Å². The fourth-order valence-electron chi connectivity index (χ4n) is 1.55. The first-order valence-electron chi connectivity index (χ1n) is 5.85. The second-order valence-corrected chi connectivity index (χ2v) is 3.82. The van der Waals surface area contributed by atoms with Crippen LogP contribution in [0.3, 0.4) is 0 Å². The maximum absolute atomic E-state index is 11.9. The molecule has 0 amide bonds. The molecule has 1 heterocycles.